The molecule has 0 saturated heterocycles. The van der Waals surface area contributed by atoms with E-state index in [4.69, 9.17) is 4.42 Å². The smallest absolute Gasteiger partial charge is 0.251 e. The molecule has 2 N–H and O–H groups in total. The van der Waals surface area contributed by atoms with Gasteiger partial charge in [-0.25, -0.2) is 4.98 Å². The van der Waals surface area contributed by atoms with Crippen molar-refractivity contribution in [2.75, 3.05) is 6.54 Å². The SMILES string of the molecule is O=C(NCCc1ccco1)c1ccc(CSc2nc3ccccc3[nH]2)cc1. The highest BCUT2D eigenvalue weighted by Crippen LogP contribution is 2.23. The molecule has 0 saturated carbocycles. The molecule has 1 amide bonds. The minimum atomic E-state index is -0.0713. The number of aromatic amines is 1. The Morgan fingerprint density at radius 1 is 1.07 bits per heavy atom. The average Bonchev–Trinajstić information content (AvgIpc) is 3.36. The van der Waals surface area contributed by atoms with Crippen molar-refractivity contribution in [3.63, 3.8) is 0 Å². The van der Waals surface area contributed by atoms with Crippen LogP contribution in [0.3, 0.4) is 0 Å². The average molecular weight is 377 g/mol. The van der Waals surface area contributed by atoms with Crippen LogP contribution >= 0.6 is 11.8 Å². The molecular weight excluding hydrogens is 358 g/mol. The molecule has 0 aliphatic carbocycles. The Labute approximate surface area is 161 Å². The first-order chi connectivity index (χ1) is 13.3. The summed E-state index contributed by atoms with van der Waals surface area (Å²) in [7, 11) is 0. The van der Waals surface area contributed by atoms with Gasteiger partial charge in [0.2, 0.25) is 0 Å². The van der Waals surface area contributed by atoms with E-state index >= 15 is 0 Å². The van der Waals surface area contributed by atoms with Crippen molar-refractivity contribution < 1.29 is 9.21 Å². The summed E-state index contributed by atoms with van der Waals surface area (Å²) in [6.07, 6.45) is 2.32. The maximum Gasteiger partial charge on any atom is 0.251 e. The third kappa shape index (κ3) is 4.41. The van der Waals surface area contributed by atoms with Gasteiger partial charge in [-0.1, -0.05) is 36.0 Å². The van der Waals surface area contributed by atoms with Crippen LogP contribution < -0.4 is 5.32 Å². The van der Waals surface area contributed by atoms with Crippen LogP contribution in [-0.4, -0.2) is 22.4 Å². The molecule has 0 radical (unpaired) electrons. The number of nitrogens with one attached hydrogen (secondary N) is 2. The molecule has 2 heterocycles. The van der Waals surface area contributed by atoms with Crippen molar-refractivity contribution in [3.8, 4) is 0 Å². The van der Waals surface area contributed by atoms with Crippen molar-refractivity contribution in [2.24, 2.45) is 0 Å². The Morgan fingerprint density at radius 3 is 2.70 bits per heavy atom. The minimum absolute atomic E-state index is 0.0713. The van der Waals surface area contributed by atoms with E-state index in [1.54, 1.807) is 18.0 Å². The third-order valence-corrected chi connectivity index (χ3v) is 5.14. The van der Waals surface area contributed by atoms with Gasteiger partial charge < -0.3 is 14.7 Å². The second-order valence-corrected chi connectivity index (χ2v) is 7.09. The standard InChI is InChI=1S/C21H19N3O2S/c25-20(22-12-11-17-4-3-13-26-17)16-9-7-15(8-10-16)14-27-21-23-18-5-1-2-6-19(18)24-21/h1-10,13H,11-12,14H2,(H,22,25)(H,23,24). The quantitative estimate of drug-likeness (QED) is 0.468. The van der Waals surface area contributed by atoms with Gasteiger partial charge in [-0.05, 0) is 42.0 Å². The van der Waals surface area contributed by atoms with Gasteiger partial charge in [-0.3, -0.25) is 4.79 Å². The van der Waals surface area contributed by atoms with E-state index in [1.165, 1.54) is 0 Å². The molecule has 2 aromatic carbocycles. The molecule has 4 aromatic rings. The van der Waals surface area contributed by atoms with Crippen molar-refractivity contribution in [2.45, 2.75) is 17.3 Å². The first-order valence-electron chi connectivity index (χ1n) is 8.75. The zero-order valence-corrected chi connectivity index (χ0v) is 15.5. The van der Waals surface area contributed by atoms with Gasteiger partial charge in [0.25, 0.3) is 5.91 Å². The lowest BCUT2D eigenvalue weighted by Crippen LogP contribution is -2.25. The highest BCUT2D eigenvalue weighted by molar-refractivity contribution is 7.98. The summed E-state index contributed by atoms with van der Waals surface area (Å²) < 4.78 is 5.26. The molecule has 136 valence electrons. The van der Waals surface area contributed by atoms with Crippen LogP contribution in [-0.2, 0) is 12.2 Å². The molecule has 0 bridgehead atoms. The Bertz CT molecular complexity index is 990. The van der Waals surface area contributed by atoms with E-state index < -0.39 is 0 Å². The number of hydrogen-bond acceptors (Lipinski definition) is 4. The zero-order chi connectivity index (χ0) is 18.5. The van der Waals surface area contributed by atoms with Crippen LogP contribution in [0.25, 0.3) is 11.0 Å². The first-order valence-corrected chi connectivity index (χ1v) is 9.73. The number of aromatic nitrogens is 2. The number of nitrogens with zero attached hydrogens (tertiary/aromatic N) is 1. The number of furan rings is 1. The maximum absolute atomic E-state index is 12.2. The number of carbonyl (C=O) groups is 1. The monoisotopic (exact) mass is 377 g/mol. The van der Waals surface area contributed by atoms with E-state index in [1.807, 2.05) is 60.7 Å². The summed E-state index contributed by atoms with van der Waals surface area (Å²) in [4.78, 5) is 20.1. The summed E-state index contributed by atoms with van der Waals surface area (Å²) in [6, 6.07) is 19.4. The fraction of sp³-hybridized carbons (Fsp3) is 0.143. The van der Waals surface area contributed by atoms with Crippen LogP contribution in [0.5, 0.6) is 0 Å². The minimum Gasteiger partial charge on any atom is -0.469 e. The molecule has 6 heteroatoms. The molecule has 0 atom stereocenters. The molecular formula is C21H19N3O2S. The molecule has 0 fully saturated rings. The fourth-order valence-electron chi connectivity index (χ4n) is 2.76. The molecule has 0 spiro atoms. The number of imidazole rings is 1. The molecule has 27 heavy (non-hydrogen) atoms. The number of benzene rings is 2. The Hall–Kier alpha value is -2.99. The number of amides is 1. The zero-order valence-electron chi connectivity index (χ0n) is 14.6. The second-order valence-electron chi connectivity index (χ2n) is 6.13. The van der Waals surface area contributed by atoms with E-state index in [0.29, 0.717) is 18.5 Å². The third-order valence-electron chi connectivity index (χ3n) is 4.20. The highest BCUT2D eigenvalue weighted by Gasteiger charge is 2.07. The normalized spacial score (nSPS) is 11.0. The van der Waals surface area contributed by atoms with Gasteiger partial charge in [0.05, 0.1) is 17.3 Å². The number of carbonyl (C=O) groups excluding carboxylic acids is 1. The Kier molecular flexibility index (Phi) is 5.25. The maximum atomic E-state index is 12.2. The summed E-state index contributed by atoms with van der Waals surface area (Å²) in [6.45, 7) is 0.552. The molecule has 5 nitrogen and oxygen atoms in total. The van der Waals surface area contributed by atoms with Crippen molar-refractivity contribution in [3.05, 3.63) is 83.8 Å². The van der Waals surface area contributed by atoms with Crippen molar-refractivity contribution >= 4 is 28.7 Å². The lowest BCUT2D eigenvalue weighted by molar-refractivity contribution is 0.0953. The van der Waals surface area contributed by atoms with E-state index in [9.17, 15) is 4.79 Å². The molecule has 0 aliphatic heterocycles. The van der Waals surface area contributed by atoms with E-state index in [2.05, 4.69) is 15.3 Å². The van der Waals surface area contributed by atoms with E-state index in [0.717, 1.165) is 33.3 Å². The molecule has 0 aliphatic rings. The molecule has 4 rings (SSSR count). The number of thioether (sulfide) groups is 1. The number of rotatable bonds is 7. The Balaban J connectivity index is 1.29. The number of fused-ring (bicyclic) bond motifs is 1. The van der Waals surface area contributed by atoms with Crippen molar-refractivity contribution in [1.29, 1.82) is 0 Å². The van der Waals surface area contributed by atoms with Gasteiger partial charge in [-0.15, -0.1) is 0 Å². The van der Waals surface area contributed by atoms with Crippen LogP contribution in [0.1, 0.15) is 21.7 Å². The van der Waals surface area contributed by atoms with Crippen LogP contribution in [0.4, 0.5) is 0 Å². The largest absolute Gasteiger partial charge is 0.469 e. The van der Waals surface area contributed by atoms with Gasteiger partial charge >= 0.3 is 0 Å². The summed E-state index contributed by atoms with van der Waals surface area (Å²) in [5.74, 6) is 1.59. The number of H-pyrrole nitrogens is 1. The van der Waals surface area contributed by atoms with Crippen LogP contribution in [0.15, 0.2) is 76.5 Å². The summed E-state index contributed by atoms with van der Waals surface area (Å²) in [5, 5.41) is 3.81. The van der Waals surface area contributed by atoms with Gasteiger partial charge in [-0.2, -0.15) is 0 Å². The van der Waals surface area contributed by atoms with Gasteiger partial charge in [0, 0.05) is 24.3 Å². The fourth-order valence-corrected chi connectivity index (χ4v) is 3.60. The van der Waals surface area contributed by atoms with E-state index in [-0.39, 0.29) is 5.91 Å². The van der Waals surface area contributed by atoms with Crippen LogP contribution in [0.2, 0.25) is 0 Å². The van der Waals surface area contributed by atoms with Gasteiger partial charge in [0.15, 0.2) is 5.16 Å². The lowest BCUT2D eigenvalue weighted by Gasteiger charge is -2.05. The number of hydrogen-bond donors (Lipinski definition) is 2. The predicted molar refractivity (Wildman–Crippen MR) is 107 cm³/mol. The number of para-hydroxylation sites is 2. The summed E-state index contributed by atoms with van der Waals surface area (Å²) in [5.41, 5.74) is 3.82. The topological polar surface area (TPSA) is 70.9 Å². The summed E-state index contributed by atoms with van der Waals surface area (Å²) >= 11 is 1.65. The predicted octanol–water partition coefficient (Wildman–Crippen LogP) is 4.42. The molecule has 2 aromatic heterocycles. The Morgan fingerprint density at radius 2 is 1.93 bits per heavy atom. The lowest BCUT2D eigenvalue weighted by atomic mass is 10.1. The first kappa shape index (κ1) is 17.4. The highest BCUT2D eigenvalue weighted by atomic mass is 32.2. The van der Waals surface area contributed by atoms with Crippen LogP contribution in [0, 0.1) is 0 Å². The van der Waals surface area contributed by atoms with Gasteiger partial charge in [0.1, 0.15) is 5.76 Å². The second kappa shape index (κ2) is 8.14. The van der Waals surface area contributed by atoms with Crippen molar-refractivity contribution in [1.82, 2.24) is 15.3 Å². The molecule has 0 unspecified atom stereocenters.